The van der Waals surface area contributed by atoms with E-state index < -0.39 is 17.8 Å². The second-order valence-corrected chi connectivity index (χ2v) is 5.80. The van der Waals surface area contributed by atoms with Crippen molar-refractivity contribution in [3.8, 4) is 5.75 Å². The van der Waals surface area contributed by atoms with Gasteiger partial charge in [-0.3, -0.25) is 20.1 Å². The fraction of sp³-hybridized carbons (Fsp3) is 0.421. The minimum atomic E-state index is -0.680. The van der Waals surface area contributed by atoms with E-state index in [1.807, 2.05) is 0 Å². The second kappa shape index (κ2) is 12.5. The fourth-order valence-electron chi connectivity index (χ4n) is 2.28. The van der Waals surface area contributed by atoms with Gasteiger partial charge in [-0.25, -0.2) is 10.3 Å². The van der Waals surface area contributed by atoms with Gasteiger partial charge in [0, 0.05) is 19.0 Å². The molecule has 9 nitrogen and oxygen atoms in total. The molecule has 154 valence electrons. The minimum Gasteiger partial charge on any atom is -0.490 e. The van der Waals surface area contributed by atoms with Crippen LogP contribution in [0.15, 0.2) is 24.3 Å². The first-order valence-electron chi connectivity index (χ1n) is 9.15. The van der Waals surface area contributed by atoms with E-state index in [2.05, 4.69) is 29.4 Å². The summed E-state index contributed by atoms with van der Waals surface area (Å²) < 4.78 is 5.79. The van der Waals surface area contributed by atoms with Gasteiger partial charge in [0.2, 0.25) is 5.91 Å². The topological polar surface area (TPSA) is 120 Å². The van der Waals surface area contributed by atoms with Crippen molar-refractivity contribution in [2.24, 2.45) is 0 Å². The van der Waals surface area contributed by atoms with E-state index in [1.54, 1.807) is 25.1 Å². The summed E-state index contributed by atoms with van der Waals surface area (Å²) in [4.78, 5) is 36.7. The maximum Gasteiger partial charge on any atom is 0.325 e. The molecule has 28 heavy (non-hydrogen) atoms. The van der Waals surface area contributed by atoms with E-state index in [4.69, 9.17) is 9.94 Å². The molecule has 1 rings (SSSR count). The summed E-state index contributed by atoms with van der Waals surface area (Å²) >= 11 is 0. The van der Waals surface area contributed by atoms with E-state index >= 15 is 0 Å². The van der Waals surface area contributed by atoms with Crippen LogP contribution in [0.1, 0.15) is 32.8 Å². The highest BCUT2D eigenvalue weighted by Crippen LogP contribution is 2.26. The van der Waals surface area contributed by atoms with Gasteiger partial charge in [-0.05, 0) is 36.9 Å². The number of hydrogen-bond donors (Lipinski definition) is 4. The molecular formula is C19H28N4O5. The van der Waals surface area contributed by atoms with Crippen LogP contribution in [0.3, 0.4) is 0 Å². The number of urea groups is 1. The number of ether oxygens (including phenoxy) is 1. The van der Waals surface area contributed by atoms with Crippen LogP contribution in [0, 0.1) is 0 Å². The molecular weight excluding hydrogens is 364 g/mol. The molecule has 1 aromatic carbocycles. The van der Waals surface area contributed by atoms with Crippen LogP contribution in [0.2, 0.25) is 0 Å². The number of imide groups is 1. The Labute approximate surface area is 164 Å². The van der Waals surface area contributed by atoms with Crippen molar-refractivity contribution >= 4 is 29.6 Å². The molecule has 0 aromatic heterocycles. The number of hydroxylamine groups is 1. The maximum absolute atomic E-state index is 12.0. The van der Waals surface area contributed by atoms with Crippen LogP contribution in [-0.2, 0) is 9.59 Å². The number of benzene rings is 1. The quantitative estimate of drug-likeness (QED) is 0.275. The number of anilines is 1. The Bertz CT molecular complexity index is 702. The zero-order chi connectivity index (χ0) is 20.9. The summed E-state index contributed by atoms with van der Waals surface area (Å²) in [5.41, 5.74) is 2.45. The maximum atomic E-state index is 12.0. The van der Waals surface area contributed by atoms with Crippen molar-refractivity contribution in [1.82, 2.24) is 15.7 Å². The van der Waals surface area contributed by atoms with E-state index in [0.717, 1.165) is 25.7 Å². The zero-order valence-electron chi connectivity index (χ0n) is 16.4. The molecule has 4 amide bonds. The average molecular weight is 392 g/mol. The number of hydrogen-bond acceptors (Lipinski definition) is 6. The molecule has 1 aromatic rings. The molecule has 0 atom stereocenters. The number of carbonyl (C=O) groups is 3. The molecule has 0 radical (unpaired) electrons. The largest absolute Gasteiger partial charge is 0.490 e. The Morgan fingerprint density at radius 3 is 2.50 bits per heavy atom. The molecule has 0 spiro atoms. The van der Waals surface area contributed by atoms with Gasteiger partial charge in [0.05, 0.1) is 5.69 Å². The van der Waals surface area contributed by atoms with Crippen molar-refractivity contribution in [2.45, 2.75) is 27.2 Å². The van der Waals surface area contributed by atoms with Gasteiger partial charge in [-0.15, -0.1) is 0 Å². The third-order valence-corrected chi connectivity index (χ3v) is 3.92. The lowest BCUT2D eigenvalue weighted by molar-refractivity contribution is -0.124. The molecule has 0 saturated heterocycles. The first-order chi connectivity index (χ1) is 13.4. The smallest absolute Gasteiger partial charge is 0.325 e. The van der Waals surface area contributed by atoms with Crippen molar-refractivity contribution in [1.29, 1.82) is 0 Å². The van der Waals surface area contributed by atoms with Crippen LogP contribution in [0.5, 0.6) is 5.75 Å². The Morgan fingerprint density at radius 1 is 1.18 bits per heavy atom. The normalized spacial score (nSPS) is 10.8. The minimum absolute atomic E-state index is 0.180. The van der Waals surface area contributed by atoms with E-state index in [1.165, 1.54) is 11.6 Å². The Kier molecular flexibility index (Phi) is 10.3. The summed E-state index contributed by atoms with van der Waals surface area (Å²) in [5.74, 6) is -0.646. The summed E-state index contributed by atoms with van der Waals surface area (Å²) in [6.07, 6.45) is 2.78. The number of likely N-dealkylation sites (N-methyl/N-ethyl adjacent to an activating group) is 1. The first-order valence-corrected chi connectivity index (χ1v) is 9.15. The number of nitrogens with one attached hydrogen (secondary N) is 3. The van der Waals surface area contributed by atoms with E-state index in [9.17, 15) is 14.4 Å². The van der Waals surface area contributed by atoms with Gasteiger partial charge >= 0.3 is 6.03 Å². The molecule has 4 N–H and O–H groups in total. The molecule has 0 heterocycles. The molecule has 0 aliphatic heterocycles. The van der Waals surface area contributed by atoms with Crippen molar-refractivity contribution in [3.05, 3.63) is 29.8 Å². The van der Waals surface area contributed by atoms with Crippen LogP contribution >= 0.6 is 0 Å². The van der Waals surface area contributed by atoms with Gasteiger partial charge in [-0.2, -0.15) is 0 Å². The molecule has 0 aliphatic rings. The zero-order valence-corrected chi connectivity index (χ0v) is 16.4. The predicted octanol–water partition coefficient (Wildman–Crippen LogP) is 1.98. The Hall–Kier alpha value is -2.91. The average Bonchev–Trinajstić information content (AvgIpc) is 2.70. The monoisotopic (exact) mass is 392 g/mol. The van der Waals surface area contributed by atoms with Crippen LogP contribution in [-0.4, -0.2) is 54.2 Å². The number of amides is 4. The van der Waals surface area contributed by atoms with Crippen LogP contribution in [0.4, 0.5) is 10.5 Å². The lowest BCUT2D eigenvalue weighted by Crippen LogP contribution is -2.34. The molecule has 0 saturated carbocycles. The first kappa shape index (κ1) is 23.1. The van der Waals surface area contributed by atoms with Gasteiger partial charge < -0.3 is 15.0 Å². The fourth-order valence-corrected chi connectivity index (χ4v) is 2.28. The molecule has 0 fully saturated rings. The van der Waals surface area contributed by atoms with Crippen molar-refractivity contribution in [3.63, 3.8) is 0 Å². The van der Waals surface area contributed by atoms with Gasteiger partial charge in [0.1, 0.15) is 12.4 Å². The van der Waals surface area contributed by atoms with E-state index in [-0.39, 0.29) is 6.42 Å². The van der Waals surface area contributed by atoms with E-state index in [0.29, 0.717) is 23.6 Å². The summed E-state index contributed by atoms with van der Waals surface area (Å²) in [5, 5.41) is 13.3. The summed E-state index contributed by atoms with van der Waals surface area (Å²) in [6.45, 7) is 8.73. The van der Waals surface area contributed by atoms with Crippen LogP contribution in [0.25, 0.3) is 6.08 Å². The van der Waals surface area contributed by atoms with Crippen molar-refractivity contribution in [2.75, 3.05) is 31.6 Å². The van der Waals surface area contributed by atoms with Gasteiger partial charge in [0.25, 0.3) is 5.91 Å². The highest BCUT2D eigenvalue weighted by atomic mass is 16.5. The third-order valence-electron chi connectivity index (χ3n) is 3.92. The Balaban J connectivity index is 2.95. The highest BCUT2D eigenvalue weighted by Gasteiger charge is 2.11. The molecule has 9 heteroatoms. The number of rotatable bonds is 10. The summed E-state index contributed by atoms with van der Waals surface area (Å²) in [7, 11) is 0. The molecule has 0 unspecified atom stereocenters. The number of nitrogens with zero attached hydrogens (tertiary/aromatic N) is 1. The molecule has 0 aliphatic carbocycles. The van der Waals surface area contributed by atoms with Crippen molar-refractivity contribution < 1.29 is 24.3 Å². The van der Waals surface area contributed by atoms with Gasteiger partial charge in [-0.1, -0.05) is 26.8 Å². The molecule has 0 bridgehead atoms. The SMILES string of the molecule is CCC(=O)NC(=O)Nc1cc(/C=C/C(=O)NO)ccc1OCCN(CC)CC. The van der Waals surface area contributed by atoms with Crippen LogP contribution < -0.4 is 20.9 Å². The summed E-state index contributed by atoms with van der Waals surface area (Å²) in [6, 6.07) is 4.29. The third kappa shape index (κ3) is 8.19. The highest BCUT2D eigenvalue weighted by molar-refractivity contribution is 6.02. The lowest BCUT2D eigenvalue weighted by atomic mass is 10.1. The lowest BCUT2D eigenvalue weighted by Gasteiger charge is -2.19. The Morgan fingerprint density at radius 2 is 1.89 bits per heavy atom. The number of carbonyl (C=O) groups excluding carboxylic acids is 3. The second-order valence-electron chi connectivity index (χ2n) is 5.80. The standard InChI is InChI=1S/C19H28N4O5/c1-4-17(24)21-19(26)20-15-13-14(8-10-18(25)22-27)7-9-16(15)28-12-11-23(5-2)6-3/h7-10,13,27H,4-6,11-12H2,1-3H3,(H,22,25)(H2,20,21,24,26)/b10-8+. The predicted molar refractivity (Wildman–Crippen MR) is 106 cm³/mol. The van der Waals surface area contributed by atoms with Gasteiger partial charge in [0.15, 0.2) is 0 Å².